The van der Waals surface area contributed by atoms with Crippen molar-refractivity contribution in [3.05, 3.63) is 84.7 Å². The molecule has 3 aromatic carbocycles. The Hall–Kier alpha value is -1.66. The summed E-state index contributed by atoms with van der Waals surface area (Å²) in [5.74, 6) is 0.539. The molecule has 38 heavy (non-hydrogen) atoms. The molecule has 0 aliphatic heterocycles. The van der Waals surface area contributed by atoms with Crippen LogP contribution in [-0.2, 0) is 0 Å². The van der Waals surface area contributed by atoms with Crippen molar-refractivity contribution in [1.82, 2.24) is 4.90 Å². The summed E-state index contributed by atoms with van der Waals surface area (Å²) in [5, 5.41) is 30.0. The van der Waals surface area contributed by atoms with Crippen molar-refractivity contribution in [1.29, 1.82) is 0 Å². The van der Waals surface area contributed by atoms with E-state index in [9.17, 15) is 15.3 Å². The molecule has 0 saturated heterocycles. The molecule has 0 aliphatic rings. The number of phenolic OH excluding ortho intramolecular Hbond substituents is 3. The minimum absolute atomic E-state index is 0. The number of hydrogen-bond acceptors (Lipinski definition) is 7. The van der Waals surface area contributed by atoms with Crippen LogP contribution in [0.3, 0.4) is 0 Å². The zero-order chi connectivity index (χ0) is 26.6. The van der Waals surface area contributed by atoms with Gasteiger partial charge in [-0.2, -0.15) is 0 Å². The number of rotatable bonds is 12. The number of benzene rings is 3. The maximum Gasteiger partial charge on any atom is 0.124 e. The van der Waals surface area contributed by atoms with Crippen LogP contribution in [0.15, 0.2) is 83.0 Å². The maximum atomic E-state index is 10.00. The van der Waals surface area contributed by atoms with Crippen LogP contribution in [0.5, 0.6) is 17.2 Å². The predicted molar refractivity (Wildman–Crippen MR) is 167 cm³/mol. The van der Waals surface area contributed by atoms with Crippen LogP contribution >= 0.6 is 47.8 Å². The number of phenols is 3. The Morgan fingerprint density at radius 1 is 0.553 bits per heavy atom. The smallest absolute Gasteiger partial charge is 0.124 e. The van der Waals surface area contributed by atoms with Crippen molar-refractivity contribution in [2.24, 2.45) is 15.0 Å². The van der Waals surface area contributed by atoms with E-state index in [1.165, 1.54) is 0 Å². The molecule has 0 spiro atoms. The molecule has 0 saturated carbocycles. The second-order valence-electron chi connectivity index (χ2n) is 8.06. The van der Waals surface area contributed by atoms with Crippen molar-refractivity contribution in [3.8, 4) is 17.2 Å². The van der Waals surface area contributed by atoms with Crippen LogP contribution in [-0.4, -0.2) is 104 Å². The van der Waals surface area contributed by atoms with Gasteiger partial charge in [0.05, 0.1) is 19.6 Å². The molecule has 11 heteroatoms. The summed E-state index contributed by atoms with van der Waals surface area (Å²) in [5.41, 5.74) is 1.95. The second kappa shape index (κ2) is 17.1. The molecule has 3 radical (unpaired) electrons. The van der Waals surface area contributed by atoms with E-state index in [0.29, 0.717) is 56.0 Å². The Labute approximate surface area is 266 Å². The number of halogens is 3. The Kier molecular flexibility index (Phi) is 14.7. The summed E-state index contributed by atoms with van der Waals surface area (Å²) < 4.78 is 2.62. The average Bonchev–Trinajstić information content (AvgIpc) is 2.87. The zero-order valence-electron chi connectivity index (χ0n) is 20.5. The van der Waals surface area contributed by atoms with Crippen LogP contribution < -0.4 is 0 Å². The molecule has 7 nitrogen and oxygen atoms in total. The Bertz CT molecular complexity index is 1130. The van der Waals surface area contributed by atoms with Gasteiger partial charge in [-0.3, -0.25) is 19.9 Å². The van der Waals surface area contributed by atoms with Gasteiger partial charge in [0, 0.05) is 94.2 Å². The summed E-state index contributed by atoms with van der Waals surface area (Å²) in [7, 11) is 0. The van der Waals surface area contributed by atoms with E-state index >= 15 is 0 Å². The van der Waals surface area contributed by atoms with Gasteiger partial charge in [0.2, 0.25) is 0 Å². The van der Waals surface area contributed by atoms with E-state index in [1.54, 1.807) is 55.0 Å². The molecule has 3 rings (SSSR count). The molecule has 0 aromatic heterocycles. The molecule has 0 fully saturated rings. The van der Waals surface area contributed by atoms with Gasteiger partial charge >= 0.3 is 0 Å². The van der Waals surface area contributed by atoms with Gasteiger partial charge in [-0.25, -0.2) is 0 Å². The molecule has 197 valence electrons. The molecule has 0 unspecified atom stereocenters. The molecular formula is C27H27Br3InN4O3. The van der Waals surface area contributed by atoms with Crippen molar-refractivity contribution in [3.63, 3.8) is 0 Å². The predicted octanol–water partition coefficient (Wildman–Crippen LogP) is 5.67. The van der Waals surface area contributed by atoms with Crippen molar-refractivity contribution < 1.29 is 15.3 Å². The van der Waals surface area contributed by atoms with Crippen molar-refractivity contribution in [2.75, 3.05) is 39.3 Å². The van der Waals surface area contributed by atoms with E-state index in [1.807, 2.05) is 18.2 Å². The van der Waals surface area contributed by atoms with Gasteiger partial charge in [-0.1, -0.05) is 47.8 Å². The molecule has 3 aromatic rings. The first-order valence-electron chi connectivity index (χ1n) is 11.5. The zero-order valence-corrected chi connectivity index (χ0v) is 28.6. The summed E-state index contributed by atoms with van der Waals surface area (Å²) >= 11 is 10.2. The molecule has 0 aliphatic carbocycles. The topological polar surface area (TPSA) is 101 Å². The maximum absolute atomic E-state index is 10.00. The minimum Gasteiger partial charge on any atom is -0.507 e. The SMILES string of the molecule is Oc1ccc(Br)cc1C=NCCN(CCN=Cc1cc(Br)ccc1O)CCN=Cc1cc(Br)ccc1O.[In]. The number of nitrogens with zero attached hydrogens (tertiary/aromatic N) is 4. The molecule has 3 N–H and O–H groups in total. The molecular weight excluding hydrogens is 783 g/mol. The third-order valence-corrected chi connectivity index (χ3v) is 6.78. The molecule has 0 amide bonds. The van der Waals surface area contributed by atoms with Crippen LogP contribution in [0.25, 0.3) is 0 Å². The fraction of sp³-hybridized carbons (Fsp3) is 0.222. The first-order valence-corrected chi connectivity index (χ1v) is 13.9. The average molecular weight is 810 g/mol. The van der Waals surface area contributed by atoms with Crippen LogP contribution in [0.2, 0.25) is 0 Å². The number of aromatic hydroxyl groups is 3. The fourth-order valence-corrected chi connectivity index (χ4v) is 4.44. The monoisotopic (exact) mass is 807 g/mol. The third kappa shape index (κ3) is 11.2. The van der Waals surface area contributed by atoms with Gasteiger partial charge in [-0.15, -0.1) is 0 Å². The van der Waals surface area contributed by atoms with E-state index in [-0.39, 0.29) is 43.1 Å². The Balaban J connectivity index is 0.00000507. The standard InChI is InChI=1S/C27H27Br3N4O3.In/c28-22-1-4-25(35)19(13-22)16-31-7-10-34(11-8-32-17-20-14-23(29)2-5-26(20)36)12-9-33-18-21-15-24(30)3-6-27(21)37;/h1-6,13-18,35-37H,7-12H2;. The summed E-state index contributed by atoms with van der Waals surface area (Å²) in [4.78, 5) is 15.6. The fourth-order valence-electron chi connectivity index (χ4n) is 3.31. The number of aliphatic imine (C=N–C) groups is 3. The summed E-state index contributed by atoms with van der Waals surface area (Å²) in [6.07, 6.45) is 5.00. The van der Waals surface area contributed by atoms with Gasteiger partial charge in [-0.05, 0) is 54.6 Å². The largest absolute Gasteiger partial charge is 0.507 e. The van der Waals surface area contributed by atoms with Gasteiger partial charge in [0.1, 0.15) is 17.2 Å². The summed E-state index contributed by atoms with van der Waals surface area (Å²) in [6, 6.07) is 15.6. The van der Waals surface area contributed by atoms with E-state index in [0.717, 1.165) is 13.4 Å². The van der Waals surface area contributed by atoms with Crippen LogP contribution in [0.4, 0.5) is 0 Å². The normalized spacial score (nSPS) is 11.7. The molecule has 0 atom stereocenters. The quantitative estimate of drug-likeness (QED) is 0.206. The van der Waals surface area contributed by atoms with E-state index in [4.69, 9.17) is 0 Å². The molecule has 0 heterocycles. The van der Waals surface area contributed by atoms with Gasteiger partial charge in [0.25, 0.3) is 0 Å². The van der Waals surface area contributed by atoms with Crippen molar-refractivity contribution in [2.45, 2.75) is 0 Å². The third-order valence-electron chi connectivity index (χ3n) is 5.30. The van der Waals surface area contributed by atoms with Crippen molar-refractivity contribution >= 4 is 92.3 Å². The first kappa shape index (κ1) is 32.6. The van der Waals surface area contributed by atoms with Crippen LogP contribution in [0.1, 0.15) is 16.7 Å². The second-order valence-corrected chi connectivity index (χ2v) is 10.8. The van der Waals surface area contributed by atoms with Gasteiger partial charge in [0.15, 0.2) is 0 Å². The van der Waals surface area contributed by atoms with E-state index < -0.39 is 0 Å². The van der Waals surface area contributed by atoms with E-state index in [2.05, 4.69) is 67.7 Å². The number of hydrogen-bond donors (Lipinski definition) is 3. The minimum atomic E-state index is 0. The first-order chi connectivity index (χ1) is 17.8. The Morgan fingerprint density at radius 3 is 1.13 bits per heavy atom. The van der Waals surface area contributed by atoms with Gasteiger partial charge < -0.3 is 15.3 Å². The summed E-state index contributed by atoms with van der Waals surface area (Å²) in [6.45, 7) is 3.66. The Morgan fingerprint density at radius 2 is 0.842 bits per heavy atom. The molecule has 0 bridgehead atoms. The van der Waals surface area contributed by atoms with Crippen LogP contribution in [0, 0.1) is 0 Å².